The third-order valence-electron chi connectivity index (χ3n) is 2.07. The Morgan fingerprint density at radius 2 is 1.59 bits per heavy atom. The van der Waals surface area contributed by atoms with E-state index in [0.717, 1.165) is 10.6 Å². The molecule has 2 aromatic heterocycles. The fourth-order valence-electron chi connectivity index (χ4n) is 1.34. The van der Waals surface area contributed by atoms with E-state index in [9.17, 15) is 0 Å². The zero-order valence-corrected chi connectivity index (χ0v) is 10.6. The van der Waals surface area contributed by atoms with Gasteiger partial charge in [0.1, 0.15) is 4.88 Å². The molecule has 0 radical (unpaired) electrons. The number of rotatable bonds is 1. The van der Waals surface area contributed by atoms with Gasteiger partial charge < -0.3 is 11.5 Å². The van der Waals surface area contributed by atoms with Gasteiger partial charge in [0.15, 0.2) is 5.82 Å². The smallest absolute Gasteiger partial charge is 0.225 e. The van der Waals surface area contributed by atoms with Crippen LogP contribution in [0.5, 0.6) is 0 Å². The third-order valence-corrected chi connectivity index (χ3v) is 2.79. The van der Waals surface area contributed by atoms with Crippen LogP contribution in [-0.4, -0.2) is 24.5 Å². The van der Waals surface area contributed by atoms with Crippen LogP contribution < -0.4 is 11.5 Å². The molecule has 0 atom stereocenters. The largest absolute Gasteiger partial charge is 0.368 e. The Balaban J connectivity index is 2.57. The summed E-state index contributed by atoms with van der Waals surface area (Å²) in [7, 11) is 0. The van der Waals surface area contributed by atoms with Gasteiger partial charge in [0, 0.05) is 5.41 Å². The van der Waals surface area contributed by atoms with Crippen LogP contribution in [0.4, 0.5) is 11.9 Å². The van der Waals surface area contributed by atoms with Crippen molar-refractivity contribution in [3.05, 3.63) is 5.69 Å². The fraction of sp³-hybridized carbons (Fsp3) is 0.444. The van der Waals surface area contributed by atoms with Crippen LogP contribution in [-0.2, 0) is 5.41 Å². The Labute approximate surface area is 102 Å². The summed E-state index contributed by atoms with van der Waals surface area (Å²) in [5, 5.41) is 4.11. The summed E-state index contributed by atoms with van der Waals surface area (Å²) < 4.78 is 3.93. The normalized spacial score (nSPS) is 11.7. The predicted octanol–water partition coefficient (Wildman–Crippen LogP) is 0.852. The van der Waals surface area contributed by atoms with Crippen LogP contribution in [0.1, 0.15) is 26.5 Å². The number of nitrogen functional groups attached to an aromatic ring is 2. The van der Waals surface area contributed by atoms with Crippen molar-refractivity contribution in [1.82, 2.24) is 24.5 Å². The lowest BCUT2D eigenvalue weighted by molar-refractivity contribution is 0.568. The molecule has 0 spiro atoms. The summed E-state index contributed by atoms with van der Waals surface area (Å²) in [5.74, 6) is 0.622. The first-order valence-electron chi connectivity index (χ1n) is 4.98. The number of hydrogen-bond donors (Lipinski definition) is 2. The van der Waals surface area contributed by atoms with E-state index in [1.165, 1.54) is 11.5 Å². The second-order valence-electron chi connectivity index (χ2n) is 4.58. The minimum Gasteiger partial charge on any atom is -0.368 e. The number of aromatic nitrogens is 5. The topological polar surface area (TPSA) is 116 Å². The summed E-state index contributed by atoms with van der Waals surface area (Å²) >= 11 is 1.22. The van der Waals surface area contributed by atoms with E-state index >= 15 is 0 Å². The molecule has 2 rings (SSSR count). The quantitative estimate of drug-likeness (QED) is 0.771. The summed E-state index contributed by atoms with van der Waals surface area (Å²) in [5.41, 5.74) is 11.8. The van der Waals surface area contributed by atoms with Crippen molar-refractivity contribution < 1.29 is 0 Å². The molecule has 8 heteroatoms. The standard InChI is InChI=1S/C9H13N7S/c1-9(2,3)5-4(17-16-15-5)6-12-7(10)14-8(11)13-6/h1-3H3,(H4,10,11,12,13,14). The highest BCUT2D eigenvalue weighted by atomic mass is 32.1. The molecule has 2 aromatic rings. The van der Waals surface area contributed by atoms with Crippen molar-refractivity contribution in [2.24, 2.45) is 0 Å². The summed E-state index contributed by atoms with van der Waals surface area (Å²) in [6.45, 7) is 6.13. The maximum Gasteiger partial charge on any atom is 0.225 e. The van der Waals surface area contributed by atoms with Crippen LogP contribution in [0.25, 0.3) is 10.7 Å². The molecule has 0 fully saturated rings. The third kappa shape index (κ3) is 2.31. The van der Waals surface area contributed by atoms with E-state index in [1.807, 2.05) is 20.8 Å². The van der Waals surface area contributed by atoms with Crippen molar-refractivity contribution in [3.63, 3.8) is 0 Å². The first-order chi connectivity index (χ1) is 7.88. The summed E-state index contributed by atoms with van der Waals surface area (Å²) in [4.78, 5) is 12.6. The van der Waals surface area contributed by atoms with Gasteiger partial charge in [-0.3, -0.25) is 0 Å². The van der Waals surface area contributed by atoms with Gasteiger partial charge in [-0.1, -0.05) is 25.3 Å². The molecule has 17 heavy (non-hydrogen) atoms. The fourth-order valence-corrected chi connectivity index (χ4v) is 2.15. The van der Waals surface area contributed by atoms with Gasteiger partial charge in [-0.25, -0.2) is 0 Å². The van der Waals surface area contributed by atoms with Crippen molar-refractivity contribution in [3.8, 4) is 10.7 Å². The van der Waals surface area contributed by atoms with E-state index < -0.39 is 0 Å². The predicted molar refractivity (Wildman–Crippen MR) is 66.3 cm³/mol. The van der Waals surface area contributed by atoms with E-state index in [1.54, 1.807) is 0 Å². The molecule has 0 unspecified atom stereocenters. The molecule has 0 aliphatic carbocycles. The molecule has 0 saturated carbocycles. The lowest BCUT2D eigenvalue weighted by atomic mass is 9.91. The van der Waals surface area contributed by atoms with Gasteiger partial charge in [0.25, 0.3) is 0 Å². The molecule has 0 aliphatic heterocycles. The molecule has 2 heterocycles. The van der Waals surface area contributed by atoms with Crippen LogP contribution in [0.3, 0.4) is 0 Å². The summed E-state index contributed by atoms with van der Waals surface area (Å²) in [6.07, 6.45) is 0. The lowest BCUT2D eigenvalue weighted by Crippen LogP contribution is -2.14. The van der Waals surface area contributed by atoms with E-state index in [4.69, 9.17) is 11.5 Å². The first kappa shape index (κ1) is 11.6. The molecular weight excluding hydrogens is 238 g/mol. The molecule has 0 saturated heterocycles. The number of nitrogens with zero attached hydrogens (tertiary/aromatic N) is 5. The van der Waals surface area contributed by atoms with Crippen molar-refractivity contribution in [2.45, 2.75) is 26.2 Å². The minimum absolute atomic E-state index is 0.0979. The van der Waals surface area contributed by atoms with E-state index in [0.29, 0.717) is 5.82 Å². The second kappa shape index (κ2) is 3.88. The Morgan fingerprint density at radius 3 is 2.12 bits per heavy atom. The Kier molecular flexibility index (Phi) is 2.66. The van der Waals surface area contributed by atoms with Crippen molar-refractivity contribution >= 4 is 23.4 Å². The van der Waals surface area contributed by atoms with Crippen molar-refractivity contribution in [1.29, 1.82) is 0 Å². The number of nitrogens with two attached hydrogens (primary N) is 2. The Bertz CT molecular complexity index is 522. The molecule has 0 amide bonds. The summed E-state index contributed by atoms with van der Waals surface area (Å²) in [6, 6.07) is 0. The monoisotopic (exact) mass is 251 g/mol. The Morgan fingerprint density at radius 1 is 1.00 bits per heavy atom. The lowest BCUT2D eigenvalue weighted by Gasteiger charge is -2.15. The highest BCUT2D eigenvalue weighted by molar-refractivity contribution is 7.09. The number of anilines is 2. The maximum absolute atomic E-state index is 5.55. The van der Waals surface area contributed by atoms with Gasteiger partial charge in [-0.15, -0.1) is 5.10 Å². The average Bonchev–Trinajstić information content (AvgIpc) is 2.63. The van der Waals surface area contributed by atoms with Crippen molar-refractivity contribution in [2.75, 3.05) is 11.5 Å². The second-order valence-corrected chi connectivity index (χ2v) is 5.33. The number of hydrogen-bond acceptors (Lipinski definition) is 8. The average molecular weight is 251 g/mol. The van der Waals surface area contributed by atoms with Crippen LogP contribution in [0.2, 0.25) is 0 Å². The van der Waals surface area contributed by atoms with Gasteiger partial charge >= 0.3 is 0 Å². The van der Waals surface area contributed by atoms with Gasteiger partial charge in [0.2, 0.25) is 11.9 Å². The Hall–Kier alpha value is -1.83. The molecule has 7 nitrogen and oxygen atoms in total. The molecule has 0 bridgehead atoms. The van der Waals surface area contributed by atoms with Gasteiger partial charge in [0.05, 0.1) is 5.69 Å². The zero-order valence-electron chi connectivity index (χ0n) is 9.80. The highest BCUT2D eigenvalue weighted by Crippen LogP contribution is 2.32. The molecule has 0 aliphatic rings. The highest BCUT2D eigenvalue weighted by Gasteiger charge is 2.25. The van der Waals surface area contributed by atoms with E-state index in [2.05, 4.69) is 24.5 Å². The molecular formula is C9H13N7S. The molecule has 90 valence electrons. The van der Waals surface area contributed by atoms with Crippen LogP contribution in [0.15, 0.2) is 0 Å². The molecule has 4 N–H and O–H groups in total. The van der Waals surface area contributed by atoms with E-state index in [-0.39, 0.29) is 17.3 Å². The molecule has 0 aromatic carbocycles. The SMILES string of the molecule is CC(C)(C)c1nnsc1-c1nc(N)nc(N)n1. The zero-order chi connectivity index (χ0) is 12.6. The first-order valence-corrected chi connectivity index (χ1v) is 5.75. The van der Waals surface area contributed by atoms with Gasteiger partial charge in [-0.05, 0) is 11.5 Å². The minimum atomic E-state index is -0.140. The maximum atomic E-state index is 5.55. The van der Waals surface area contributed by atoms with Crippen LogP contribution >= 0.6 is 11.5 Å². The van der Waals surface area contributed by atoms with Gasteiger partial charge in [-0.2, -0.15) is 15.0 Å². The van der Waals surface area contributed by atoms with Crippen LogP contribution in [0, 0.1) is 0 Å².